The van der Waals surface area contributed by atoms with E-state index in [1.54, 1.807) is 13.0 Å². The van der Waals surface area contributed by atoms with Crippen LogP contribution >= 0.6 is 0 Å². The number of alkyl halides is 3. The number of hydrogen-bond acceptors (Lipinski definition) is 3. The number of amides is 1. The molecule has 4 rings (SSSR count). The third-order valence-electron chi connectivity index (χ3n) is 5.21. The number of fused-ring (bicyclic) bond motifs is 1. The SMILES string of the molecule is Cc1ccc(CNC(=O)c2cnc3c(-c4cccc(C)c4)c(C)nn3c2C(F)(F)F)cc1. The summed E-state index contributed by atoms with van der Waals surface area (Å²) in [5, 5.41) is 6.66. The summed E-state index contributed by atoms with van der Waals surface area (Å²) in [6, 6.07) is 14.8. The van der Waals surface area contributed by atoms with Crippen molar-refractivity contribution in [2.24, 2.45) is 0 Å². The Hall–Kier alpha value is -3.68. The Morgan fingerprint density at radius 1 is 1.03 bits per heavy atom. The van der Waals surface area contributed by atoms with Gasteiger partial charge in [-0.3, -0.25) is 4.79 Å². The van der Waals surface area contributed by atoms with Crippen LogP contribution in [0.5, 0.6) is 0 Å². The number of nitrogens with zero attached hydrogens (tertiary/aromatic N) is 3. The van der Waals surface area contributed by atoms with Crippen molar-refractivity contribution in [3.63, 3.8) is 0 Å². The van der Waals surface area contributed by atoms with E-state index in [4.69, 9.17) is 0 Å². The first-order valence-corrected chi connectivity index (χ1v) is 10.0. The lowest BCUT2D eigenvalue weighted by Crippen LogP contribution is -2.28. The molecular formula is C24H21F3N4O. The number of carbonyl (C=O) groups is 1. The Bertz CT molecular complexity index is 1310. The van der Waals surface area contributed by atoms with E-state index in [0.717, 1.165) is 33.0 Å². The number of aromatic nitrogens is 3. The summed E-state index contributed by atoms with van der Waals surface area (Å²) in [7, 11) is 0. The lowest BCUT2D eigenvalue weighted by atomic mass is 10.0. The molecule has 164 valence electrons. The monoisotopic (exact) mass is 438 g/mol. The van der Waals surface area contributed by atoms with E-state index in [2.05, 4.69) is 15.4 Å². The quantitative estimate of drug-likeness (QED) is 0.472. The average molecular weight is 438 g/mol. The summed E-state index contributed by atoms with van der Waals surface area (Å²) < 4.78 is 43.0. The van der Waals surface area contributed by atoms with E-state index in [0.29, 0.717) is 11.3 Å². The number of nitrogens with one attached hydrogen (secondary N) is 1. The highest BCUT2D eigenvalue weighted by atomic mass is 19.4. The van der Waals surface area contributed by atoms with Gasteiger partial charge in [0.05, 0.1) is 11.3 Å². The van der Waals surface area contributed by atoms with Crippen LogP contribution in [0.25, 0.3) is 16.8 Å². The highest BCUT2D eigenvalue weighted by molar-refractivity contribution is 5.96. The first kappa shape index (κ1) is 21.5. The van der Waals surface area contributed by atoms with Gasteiger partial charge in [0.2, 0.25) is 0 Å². The lowest BCUT2D eigenvalue weighted by molar-refractivity contribution is -0.143. The second kappa shape index (κ2) is 8.11. The summed E-state index contributed by atoms with van der Waals surface area (Å²) in [4.78, 5) is 16.9. The van der Waals surface area contributed by atoms with Crippen molar-refractivity contribution >= 4 is 11.6 Å². The van der Waals surface area contributed by atoms with Gasteiger partial charge in [-0.05, 0) is 31.9 Å². The maximum absolute atomic E-state index is 14.1. The van der Waals surface area contributed by atoms with Crippen LogP contribution in [0.15, 0.2) is 54.7 Å². The molecule has 2 aromatic heterocycles. The average Bonchev–Trinajstić information content (AvgIpc) is 3.07. The smallest absolute Gasteiger partial charge is 0.348 e. The van der Waals surface area contributed by atoms with Crippen molar-refractivity contribution < 1.29 is 18.0 Å². The van der Waals surface area contributed by atoms with Gasteiger partial charge in [-0.2, -0.15) is 18.3 Å². The molecule has 1 N–H and O–H groups in total. The molecule has 0 aliphatic heterocycles. The normalized spacial score (nSPS) is 11.7. The predicted octanol–water partition coefficient (Wildman–Crippen LogP) is 5.27. The second-order valence-electron chi connectivity index (χ2n) is 7.75. The molecule has 0 atom stereocenters. The molecule has 2 heterocycles. The molecule has 0 unspecified atom stereocenters. The molecule has 0 saturated heterocycles. The highest BCUT2D eigenvalue weighted by Gasteiger charge is 2.40. The third kappa shape index (κ3) is 4.08. The fourth-order valence-electron chi connectivity index (χ4n) is 3.65. The first-order chi connectivity index (χ1) is 15.1. The van der Waals surface area contributed by atoms with Crippen LogP contribution < -0.4 is 5.32 Å². The van der Waals surface area contributed by atoms with Crippen LogP contribution in [0.3, 0.4) is 0 Å². The number of benzene rings is 2. The minimum absolute atomic E-state index is 0.0514. The van der Waals surface area contributed by atoms with Crippen molar-refractivity contribution in [2.45, 2.75) is 33.5 Å². The van der Waals surface area contributed by atoms with E-state index in [-0.39, 0.29) is 12.2 Å². The maximum Gasteiger partial charge on any atom is 0.434 e. The summed E-state index contributed by atoms with van der Waals surface area (Å²) in [5.74, 6) is -0.863. The van der Waals surface area contributed by atoms with Crippen molar-refractivity contribution in [3.05, 3.63) is 88.4 Å². The molecule has 4 aromatic rings. The highest BCUT2D eigenvalue weighted by Crippen LogP contribution is 2.35. The molecule has 0 aliphatic carbocycles. The van der Waals surface area contributed by atoms with E-state index in [9.17, 15) is 18.0 Å². The van der Waals surface area contributed by atoms with Gasteiger partial charge < -0.3 is 5.32 Å². The molecule has 0 fully saturated rings. The van der Waals surface area contributed by atoms with Gasteiger partial charge in [0, 0.05) is 18.3 Å². The lowest BCUT2D eigenvalue weighted by Gasteiger charge is -2.14. The van der Waals surface area contributed by atoms with Gasteiger partial charge in [0.15, 0.2) is 11.3 Å². The topological polar surface area (TPSA) is 59.3 Å². The van der Waals surface area contributed by atoms with Gasteiger partial charge in [-0.1, -0.05) is 59.7 Å². The molecule has 0 radical (unpaired) electrons. The Morgan fingerprint density at radius 2 is 1.75 bits per heavy atom. The standard InChI is InChI=1S/C24H21F3N4O/c1-14-7-9-17(10-8-14)12-29-23(32)19-13-28-22-20(18-6-4-5-15(2)11-18)16(3)30-31(22)21(19)24(25,26)27/h4-11,13H,12H2,1-3H3,(H,29,32). The van der Waals surface area contributed by atoms with Crippen molar-refractivity contribution in [1.82, 2.24) is 19.9 Å². The van der Waals surface area contributed by atoms with Gasteiger partial charge in [0.25, 0.3) is 5.91 Å². The molecule has 8 heteroatoms. The Morgan fingerprint density at radius 3 is 2.41 bits per heavy atom. The number of rotatable bonds is 4. The van der Waals surface area contributed by atoms with Crippen LogP contribution in [0.2, 0.25) is 0 Å². The molecule has 0 aliphatic rings. The van der Waals surface area contributed by atoms with E-state index in [1.165, 1.54) is 0 Å². The predicted molar refractivity (Wildman–Crippen MR) is 115 cm³/mol. The van der Waals surface area contributed by atoms with Crippen LogP contribution in [0.1, 0.15) is 38.4 Å². The molecule has 0 saturated carbocycles. The van der Waals surface area contributed by atoms with E-state index >= 15 is 0 Å². The van der Waals surface area contributed by atoms with Gasteiger partial charge in [-0.15, -0.1) is 0 Å². The Balaban J connectivity index is 1.78. The Labute approximate surface area is 182 Å². The summed E-state index contributed by atoms with van der Waals surface area (Å²) in [6.45, 7) is 5.55. The van der Waals surface area contributed by atoms with Crippen molar-refractivity contribution in [3.8, 4) is 11.1 Å². The number of aryl methyl sites for hydroxylation is 3. The Kier molecular flexibility index (Phi) is 5.46. The van der Waals surface area contributed by atoms with Gasteiger partial charge in [-0.25, -0.2) is 9.50 Å². The third-order valence-corrected chi connectivity index (χ3v) is 5.21. The molecule has 0 spiro atoms. The second-order valence-corrected chi connectivity index (χ2v) is 7.75. The fourth-order valence-corrected chi connectivity index (χ4v) is 3.65. The molecule has 5 nitrogen and oxygen atoms in total. The molecule has 2 aromatic carbocycles. The van der Waals surface area contributed by atoms with Gasteiger partial charge >= 0.3 is 6.18 Å². The molecule has 32 heavy (non-hydrogen) atoms. The molecular weight excluding hydrogens is 417 g/mol. The maximum atomic E-state index is 14.1. The number of carbonyl (C=O) groups excluding carboxylic acids is 1. The largest absolute Gasteiger partial charge is 0.434 e. The van der Waals surface area contributed by atoms with Crippen LogP contribution in [-0.4, -0.2) is 20.5 Å². The van der Waals surface area contributed by atoms with Crippen LogP contribution in [0.4, 0.5) is 13.2 Å². The van der Waals surface area contributed by atoms with Crippen LogP contribution in [0, 0.1) is 20.8 Å². The van der Waals surface area contributed by atoms with E-state index < -0.39 is 23.3 Å². The molecule has 0 bridgehead atoms. The fraction of sp³-hybridized carbons (Fsp3) is 0.208. The molecule has 1 amide bonds. The summed E-state index contributed by atoms with van der Waals surface area (Å²) in [5.41, 5.74) is 2.74. The minimum Gasteiger partial charge on any atom is -0.348 e. The van der Waals surface area contributed by atoms with Crippen molar-refractivity contribution in [2.75, 3.05) is 0 Å². The van der Waals surface area contributed by atoms with E-state index in [1.807, 2.05) is 56.3 Å². The minimum atomic E-state index is -4.81. The van der Waals surface area contributed by atoms with Crippen molar-refractivity contribution in [1.29, 1.82) is 0 Å². The number of halogens is 3. The number of hydrogen-bond donors (Lipinski definition) is 1. The summed E-state index contributed by atoms with van der Waals surface area (Å²) in [6.07, 6.45) is -3.83. The summed E-state index contributed by atoms with van der Waals surface area (Å²) >= 11 is 0. The van der Waals surface area contributed by atoms with Crippen LogP contribution in [-0.2, 0) is 12.7 Å². The zero-order valence-corrected chi connectivity index (χ0v) is 17.8. The van der Waals surface area contributed by atoms with Gasteiger partial charge in [0.1, 0.15) is 0 Å². The zero-order chi connectivity index (χ0) is 23.0. The first-order valence-electron chi connectivity index (χ1n) is 10.0. The zero-order valence-electron chi connectivity index (χ0n) is 17.8.